The topological polar surface area (TPSA) is 0 Å². The second-order valence-electron chi connectivity index (χ2n) is 4.07. The zero-order valence-electron chi connectivity index (χ0n) is 7.26. The predicted octanol–water partition coefficient (Wildman–Crippen LogP) is 3.53. The molecule has 1 fully saturated rings. The summed E-state index contributed by atoms with van der Waals surface area (Å²) in [5, 5.41) is 0. The molecule has 2 rings (SSSR count). The highest BCUT2D eigenvalue weighted by Crippen LogP contribution is 2.35. The molecule has 0 amide bonds. The number of hydrogen-bond acceptors (Lipinski definition) is 0. The van der Waals surface area contributed by atoms with E-state index in [9.17, 15) is 0 Å². The first-order valence-electron chi connectivity index (χ1n) is 5.13. The third-order valence-electron chi connectivity index (χ3n) is 3.31. The summed E-state index contributed by atoms with van der Waals surface area (Å²) in [6.07, 6.45) is 15.1. The highest BCUT2D eigenvalue weighted by Gasteiger charge is 2.22. The molecule has 0 aromatic carbocycles. The van der Waals surface area contributed by atoms with Gasteiger partial charge in [0.15, 0.2) is 0 Å². The molecule has 0 heteroatoms. The molecule has 0 N–H and O–H groups in total. The van der Waals surface area contributed by atoms with E-state index in [4.69, 9.17) is 0 Å². The summed E-state index contributed by atoms with van der Waals surface area (Å²) in [6.45, 7) is 0. The smallest absolute Gasteiger partial charge is 0.0205 e. The van der Waals surface area contributed by atoms with Crippen molar-refractivity contribution in [3.63, 3.8) is 0 Å². The SMILES string of the molecule is C1=C[C@H]2CCCCC[C@@H]2CC1. The second kappa shape index (κ2) is 3.42. The van der Waals surface area contributed by atoms with Crippen LogP contribution in [0.4, 0.5) is 0 Å². The molecule has 0 nitrogen and oxygen atoms in total. The summed E-state index contributed by atoms with van der Waals surface area (Å²) in [4.78, 5) is 0. The van der Waals surface area contributed by atoms with Gasteiger partial charge in [-0.15, -0.1) is 0 Å². The largest absolute Gasteiger partial charge is 0.0882 e. The van der Waals surface area contributed by atoms with E-state index in [1.54, 1.807) is 0 Å². The molecule has 0 saturated heterocycles. The van der Waals surface area contributed by atoms with Crippen LogP contribution in [0.25, 0.3) is 0 Å². The van der Waals surface area contributed by atoms with Crippen LogP contribution in [0.15, 0.2) is 12.2 Å². The second-order valence-corrected chi connectivity index (χ2v) is 4.07. The van der Waals surface area contributed by atoms with Crippen LogP contribution in [0.3, 0.4) is 0 Å². The van der Waals surface area contributed by atoms with E-state index in [0.717, 1.165) is 11.8 Å². The van der Waals surface area contributed by atoms with Crippen molar-refractivity contribution in [1.82, 2.24) is 0 Å². The summed E-state index contributed by atoms with van der Waals surface area (Å²) in [5.74, 6) is 2.02. The fraction of sp³-hybridized carbons (Fsp3) is 0.818. The first-order valence-corrected chi connectivity index (χ1v) is 5.13. The molecule has 2 aliphatic carbocycles. The molecular formula is C11H18. The van der Waals surface area contributed by atoms with Gasteiger partial charge in [0.05, 0.1) is 0 Å². The third kappa shape index (κ3) is 1.66. The molecule has 1 saturated carbocycles. The Kier molecular flexibility index (Phi) is 2.30. The predicted molar refractivity (Wildman–Crippen MR) is 48.4 cm³/mol. The Hall–Kier alpha value is -0.260. The van der Waals surface area contributed by atoms with Gasteiger partial charge in [-0.25, -0.2) is 0 Å². The Morgan fingerprint density at radius 3 is 2.82 bits per heavy atom. The highest BCUT2D eigenvalue weighted by atomic mass is 14.3. The molecule has 0 heterocycles. The number of hydrogen-bond donors (Lipinski definition) is 0. The van der Waals surface area contributed by atoms with E-state index in [1.807, 2.05) is 0 Å². The zero-order valence-corrected chi connectivity index (χ0v) is 7.26. The van der Waals surface area contributed by atoms with Crippen LogP contribution in [0, 0.1) is 11.8 Å². The van der Waals surface area contributed by atoms with Crippen LogP contribution in [0.1, 0.15) is 44.9 Å². The van der Waals surface area contributed by atoms with Gasteiger partial charge in [0.1, 0.15) is 0 Å². The minimum Gasteiger partial charge on any atom is -0.0882 e. The normalized spacial score (nSPS) is 37.8. The average molecular weight is 150 g/mol. The van der Waals surface area contributed by atoms with Crippen LogP contribution in [0.2, 0.25) is 0 Å². The monoisotopic (exact) mass is 150 g/mol. The molecule has 0 aromatic rings. The Labute approximate surface area is 69.7 Å². The number of fused-ring (bicyclic) bond motifs is 1. The van der Waals surface area contributed by atoms with Gasteiger partial charge in [-0.2, -0.15) is 0 Å². The highest BCUT2D eigenvalue weighted by molar-refractivity contribution is 4.97. The molecule has 62 valence electrons. The van der Waals surface area contributed by atoms with Gasteiger partial charge in [-0.3, -0.25) is 0 Å². The molecule has 2 aliphatic rings. The Morgan fingerprint density at radius 2 is 1.82 bits per heavy atom. The lowest BCUT2D eigenvalue weighted by molar-refractivity contribution is 0.337. The van der Waals surface area contributed by atoms with Gasteiger partial charge in [-0.05, 0) is 37.5 Å². The lowest BCUT2D eigenvalue weighted by Crippen LogP contribution is -2.13. The first-order chi connectivity index (χ1) is 5.47. The van der Waals surface area contributed by atoms with Gasteiger partial charge >= 0.3 is 0 Å². The van der Waals surface area contributed by atoms with Crippen molar-refractivity contribution in [2.24, 2.45) is 11.8 Å². The van der Waals surface area contributed by atoms with Crippen molar-refractivity contribution in [3.8, 4) is 0 Å². The fourth-order valence-electron chi connectivity index (χ4n) is 2.61. The summed E-state index contributed by atoms with van der Waals surface area (Å²) in [6, 6.07) is 0. The molecule has 11 heavy (non-hydrogen) atoms. The maximum absolute atomic E-state index is 2.49. The van der Waals surface area contributed by atoms with Crippen molar-refractivity contribution in [1.29, 1.82) is 0 Å². The zero-order chi connectivity index (χ0) is 7.52. The standard InChI is InChI=1S/C11H18/c1-2-6-10-8-4-5-9-11(10)7-3-1/h4,8,10-11H,1-3,5-7,9H2/t10-,11-/m1/s1. The molecule has 0 bridgehead atoms. The third-order valence-corrected chi connectivity index (χ3v) is 3.31. The minimum absolute atomic E-state index is 0.964. The van der Waals surface area contributed by atoms with E-state index in [0.29, 0.717) is 0 Å². The Balaban J connectivity index is 2.02. The van der Waals surface area contributed by atoms with Crippen molar-refractivity contribution in [2.75, 3.05) is 0 Å². The van der Waals surface area contributed by atoms with Crippen LogP contribution >= 0.6 is 0 Å². The summed E-state index contributed by atoms with van der Waals surface area (Å²) >= 11 is 0. The van der Waals surface area contributed by atoms with Crippen molar-refractivity contribution in [2.45, 2.75) is 44.9 Å². The lowest BCUT2D eigenvalue weighted by Gasteiger charge is -2.25. The molecule has 0 aliphatic heterocycles. The summed E-state index contributed by atoms with van der Waals surface area (Å²) in [7, 11) is 0. The van der Waals surface area contributed by atoms with Gasteiger partial charge < -0.3 is 0 Å². The minimum atomic E-state index is 0.964. The van der Waals surface area contributed by atoms with Crippen molar-refractivity contribution in [3.05, 3.63) is 12.2 Å². The number of allylic oxidation sites excluding steroid dienone is 2. The van der Waals surface area contributed by atoms with E-state index in [2.05, 4.69) is 12.2 Å². The first kappa shape index (κ1) is 7.39. The molecule has 0 aromatic heterocycles. The van der Waals surface area contributed by atoms with Crippen molar-refractivity contribution < 1.29 is 0 Å². The summed E-state index contributed by atoms with van der Waals surface area (Å²) in [5.41, 5.74) is 0. The average Bonchev–Trinajstić information content (AvgIpc) is 2.28. The van der Waals surface area contributed by atoms with Crippen molar-refractivity contribution >= 4 is 0 Å². The molecular weight excluding hydrogens is 132 g/mol. The number of rotatable bonds is 0. The Morgan fingerprint density at radius 1 is 0.909 bits per heavy atom. The van der Waals surface area contributed by atoms with Crippen LogP contribution in [-0.4, -0.2) is 0 Å². The van der Waals surface area contributed by atoms with E-state index in [-0.39, 0.29) is 0 Å². The van der Waals surface area contributed by atoms with E-state index >= 15 is 0 Å². The van der Waals surface area contributed by atoms with Gasteiger partial charge in [-0.1, -0.05) is 31.4 Å². The summed E-state index contributed by atoms with van der Waals surface area (Å²) < 4.78 is 0. The molecule has 0 radical (unpaired) electrons. The maximum atomic E-state index is 2.49. The molecule has 0 spiro atoms. The molecule has 0 unspecified atom stereocenters. The van der Waals surface area contributed by atoms with E-state index < -0.39 is 0 Å². The molecule has 2 atom stereocenters. The van der Waals surface area contributed by atoms with E-state index in [1.165, 1.54) is 44.9 Å². The van der Waals surface area contributed by atoms with Gasteiger partial charge in [0.2, 0.25) is 0 Å². The fourth-order valence-corrected chi connectivity index (χ4v) is 2.61. The van der Waals surface area contributed by atoms with Crippen LogP contribution in [-0.2, 0) is 0 Å². The van der Waals surface area contributed by atoms with Crippen LogP contribution < -0.4 is 0 Å². The van der Waals surface area contributed by atoms with Gasteiger partial charge in [0.25, 0.3) is 0 Å². The van der Waals surface area contributed by atoms with Gasteiger partial charge in [0, 0.05) is 0 Å². The van der Waals surface area contributed by atoms with Crippen LogP contribution in [0.5, 0.6) is 0 Å². The lowest BCUT2D eigenvalue weighted by atomic mass is 9.81. The quantitative estimate of drug-likeness (QED) is 0.463. The Bertz CT molecular complexity index is 146. The maximum Gasteiger partial charge on any atom is -0.0205 e.